The predicted molar refractivity (Wildman–Crippen MR) is 81.6 cm³/mol. The molecule has 1 saturated carbocycles. The first kappa shape index (κ1) is 18.0. The van der Waals surface area contributed by atoms with Crippen molar-refractivity contribution in [3.8, 4) is 5.75 Å². The highest BCUT2D eigenvalue weighted by Gasteiger charge is 2.49. The van der Waals surface area contributed by atoms with E-state index in [1.54, 1.807) is 6.07 Å². The summed E-state index contributed by atoms with van der Waals surface area (Å²) in [5, 5.41) is 9.11. The molecule has 0 saturated heterocycles. The van der Waals surface area contributed by atoms with Gasteiger partial charge >= 0.3 is 21.6 Å². The average Bonchev–Trinajstić information content (AvgIpc) is 2.84. The van der Waals surface area contributed by atoms with Crippen LogP contribution in [-0.4, -0.2) is 25.0 Å². The van der Waals surface area contributed by atoms with Crippen molar-refractivity contribution < 1.29 is 35.7 Å². The van der Waals surface area contributed by atoms with Gasteiger partial charge in [0.1, 0.15) is 5.75 Å². The van der Waals surface area contributed by atoms with Crippen molar-refractivity contribution in [3.05, 3.63) is 29.3 Å². The largest absolute Gasteiger partial charge is 0.534 e. The topological polar surface area (TPSA) is 80.7 Å². The minimum Gasteiger partial charge on any atom is -0.481 e. The molecule has 0 atom stereocenters. The Bertz CT molecular complexity index is 792. The van der Waals surface area contributed by atoms with Gasteiger partial charge in [-0.1, -0.05) is 6.07 Å². The molecule has 0 bridgehead atoms. The second-order valence-corrected chi connectivity index (χ2v) is 8.23. The first-order valence-electron chi connectivity index (χ1n) is 7.91. The van der Waals surface area contributed by atoms with E-state index in [0.29, 0.717) is 32.1 Å². The average molecular weight is 378 g/mol. The van der Waals surface area contributed by atoms with Crippen LogP contribution in [0.5, 0.6) is 5.75 Å². The maximum atomic E-state index is 12.4. The van der Waals surface area contributed by atoms with Crippen LogP contribution in [0, 0.1) is 5.92 Å². The minimum atomic E-state index is -5.68. The number of rotatable bonds is 3. The van der Waals surface area contributed by atoms with Crippen molar-refractivity contribution in [2.24, 2.45) is 5.92 Å². The van der Waals surface area contributed by atoms with Gasteiger partial charge in [0.2, 0.25) is 0 Å². The van der Waals surface area contributed by atoms with E-state index < -0.39 is 21.6 Å². The quantitative estimate of drug-likeness (QED) is 0.644. The SMILES string of the molecule is O=C(O)C1CCC2(CCc3cc(OS(=O)(=O)C(F)(F)F)ccc32)CC1. The maximum Gasteiger partial charge on any atom is 0.534 e. The molecular formula is C16H17F3O5S. The first-order chi connectivity index (χ1) is 11.5. The number of alkyl halides is 3. The highest BCUT2D eigenvalue weighted by atomic mass is 32.2. The second-order valence-electron chi connectivity index (χ2n) is 6.69. The zero-order chi connectivity index (χ0) is 18.5. The first-order valence-corrected chi connectivity index (χ1v) is 9.32. The summed E-state index contributed by atoms with van der Waals surface area (Å²) in [7, 11) is -5.68. The van der Waals surface area contributed by atoms with Gasteiger partial charge < -0.3 is 9.29 Å². The number of carboxylic acid groups (broad SMARTS) is 1. The molecule has 0 unspecified atom stereocenters. The molecule has 1 aromatic carbocycles. The van der Waals surface area contributed by atoms with Gasteiger partial charge in [-0.05, 0) is 67.2 Å². The van der Waals surface area contributed by atoms with E-state index in [2.05, 4.69) is 4.18 Å². The molecule has 5 nitrogen and oxygen atoms in total. The summed E-state index contributed by atoms with van der Waals surface area (Å²) in [5.41, 5.74) is -3.90. The number of benzene rings is 1. The Morgan fingerprint density at radius 3 is 2.40 bits per heavy atom. The summed E-state index contributed by atoms with van der Waals surface area (Å²) < 4.78 is 63.7. The molecule has 1 fully saturated rings. The van der Waals surface area contributed by atoms with Gasteiger partial charge in [0.25, 0.3) is 0 Å². The fourth-order valence-corrected chi connectivity index (χ4v) is 4.42. The molecule has 138 valence electrons. The molecule has 0 amide bonds. The zero-order valence-corrected chi connectivity index (χ0v) is 14.0. The van der Waals surface area contributed by atoms with Gasteiger partial charge in [0.05, 0.1) is 5.92 Å². The smallest absolute Gasteiger partial charge is 0.481 e. The number of hydrogen-bond acceptors (Lipinski definition) is 4. The zero-order valence-electron chi connectivity index (χ0n) is 13.2. The summed E-state index contributed by atoms with van der Waals surface area (Å²) in [6.45, 7) is 0. The van der Waals surface area contributed by atoms with Crippen LogP contribution in [0.3, 0.4) is 0 Å². The van der Waals surface area contributed by atoms with Crippen molar-refractivity contribution in [1.82, 2.24) is 0 Å². The van der Waals surface area contributed by atoms with Gasteiger partial charge in [-0.2, -0.15) is 21.6 Å². The number of halogens is 3. The lowest BCUT2D eigenvalue weighted by Gasteiger charge is -2.37. The van der Waals surface area contributed by atoms with E-state index in [4.69, 9.17) is 5.11 Å². The van der Waals surface area contributed by atoms with Crippen LogP contribution in [0.1, 0.15) is 43.2 Å². The number of aliphatic carboxylic acids is 1. The lowest BCUT2D eigenvalue weighted by atomic mass is 9.67. The summed E-state index contributed by atoms with van der Waals surface area (Å²) in [6.07, 6.45) is 3.93. The van der Waals surface area contributed by atoms with Crippen LogP contribution < -0.4 is 4.18 Å². The Labute approximate surface area is 142 Å². The van der Waals surface area contributed by atoms with Crippen LogP contribution in [-0.2, 0) is 26.7 Å². The molecular weight excluding hydrogens is 361 g/mol. The minimum absolute atomic E-state index is 0.164. The van der Waals surface area contributed by atoms with Gasteiger partial charge in [0, 0.05) is 0 Å². The van der Waals surface area contributed by atoms with Crippen LogP contribution in [0.15, 0.2) is 18.2 Å². The van der Waals surface area contributed by atoms with Crippen LogP contribution in [0.2, 0.25) is 0 Å². The maximum absolute atomic E-state index is 12.4. The molecule has 0 aromatic heterocycles. The van der Waals surface area contributed by atoms with Gasteiger partial charge in [0.15, 0.2) is 0 Å². The number of aryl methyl sites for hydroxylation is 1. The molecule has 9 heteroatoms. The third-order valence-electron chi connectivity index (χ3n) is 5.30. The highest BCUT2D eigenvalue weighted by Crippen LogP contribution is 2.50. The molecule has 0 heterocycles. The van der Waals surface area contributed by atoms with Crippen molar-refractivity contribution >= 4 is 16.1 Å². The van der Waals surface area contributed by atoms with E-state index >= 15 is 0 Å². The van der Waals surface area contributed by atoms with Gasteiger partial charge in [-0.3, -0.25) is 4.79 Å². The van der Waals surface area contributed by atoms with E-state index in [9.17, 15) is 26.4 Å². The fourth-order valence-electron chi connectivity index (χ4n) is 3.97. The molecule has 2 aliphatic carbocycles. The number of carboxylic acids is 1. The molecule has 25 heavy (non-hydrogen) atoms. The van der Waals surface area contributed by atoms with E-state index in [0.717, 1.165) is 17.5 Å². The number of fused-ring (bicyclic) bond motifs is 2. The van der Waals surface area contributed by atoms with Crippen molar-refractivity contribution in [1.29, 1.82) is 0 Å². The summed E-state index contributed by atoms with van der Waals surface area (Å²) >= 11 is 0. The van der Waals surface area contributed by atoms with E-state index in [1.807, 2.05) is 0 Å². The Morgan fingerprint density at radius 2 is 1.84 bits per heavy atom. The third-order valence-corrected chi connectivity index (χ3v) is 6.28. The Kier molecular flexibility index (Phi) is 4.25. The molecule has 3 rings (SSSR count). The summed E-state index contributed by atoms with van der Waals surface area (Å²) in [6, 6.07) is 4.19. The molecule has 2 aliphatic rings. The van der Waals surface area contributed by atoms with E-state index in [-0.39, 0.29) is 17.1 Å². The van der Waals surface area contributed by atoms with E-state index in [1.165, 1.54) is 12.1 Å². The number of hydrogen-bond donors (Lipinski definition) is 1. The van der Waals surface area contributed by atoms with Gasteiger partial charge in [-0.15, -0.1) is 0 Å². The standard InChI is InChI=1S/C16H17F3O5S/c17-16(18,19)25(22,23)24-12-1-2-13-11(9-12)5-8-15(13)6-3-10(4-7-15)14(20)21/h1-2,9-10H,3-8H2,(H,20,21). The van der Waals surface area contributed by atoms with Crippen molar-refractivity contribution in [2.45, 2.75) is 49.4 Å². The number of carbonyl (C=O) groups is 1. The lowest BCUT2D eigenvalue weighted by Crippen LogP contribution is -2.32. The third kappa shape index (κ3) is 3.21. The summed E-state index contributed by atoms with van der Waals surface area (Å²) in [4.78, 5) is 11.1. The second kappa shape index (κ2) is 5.89. The van der Waals surface area contributed by atoms with Gasteiger partial charge in [-0.25, -0.2) is 0 Å². The van der Waals surface area contributed by atoms with Crippen molar-refractivity contribution in [2.75, 3.05) is 0 Å². The lowest BCUT2D eigenvalue weighted by molar-refractivity contribution is -0.143. The monoisotopic (exact) mass is 378 g/mol. The Balaban J connectivity index is 1.81. The van der Waals surface area contributed by atoms with Crippen LogP contribution >= 0.6 is 0 Å². The molecule has 0 aliphatic heterocycles. The van der Waals surface area contributed by atoms with Crippen LogP contribution in [0.25, 0.3) is 0 Å². The molecule has 1 N–H and O–H groups in total. The molecule has 1 aromatic rings. The highest BCUT2D eigenvalue weighted by molar-refractivity contribution is 7.88. The summed E-state index contributed by atoms with van der Waals surface area (Å²) in [5.74, 6) is -1.50. The Morgan fingerprint density at radius 1 is 1.20 bits per heavy atom. The predicted octanol–water partition coefficient (Wildman–Crippen LogP) is 3.37. The normalized spacial score (nSPS) is 26.4. The molecule has 0 radical (unpaired) electrons. The van der Waals surface area contributed by atoms with Crippen molar-refractivity contribution in [3.63, 3.8) is 0 Å². The fraction of sp³-hybridized carbons (Fsp3) is 0.562. The Hall–Kier alpha value is -1.77. The molecule has 1 spiro atoms. The van der Waals surface area contributed by atoms with Crippen LogP contribution in [0.4, 0.5) is 13.2 Å².